The van der Waals surface area contributed by atoms with Crippen molar-refractivity contribution < 1.29 is 19.4 Å². The van der Waals surface area contributed by atoms with Crippen LogP contribution >= 0.6 is 0 Å². The van der Waals surface area contributed by atoms with Gasteiger partial charge in [0.15, 0.2) is 6.29 Å². The molecule has 1 N–H and O–H groups in total. The number of carboxylic acid groups (broad SMARTS) is 1. The standard InChI is InChI=1S/C12H21NO4/c14-11(15)8-10-9-16-12(17-10)4-7-13-5-2-1-3-6-13/h10,12H,1-9H2,(H,14,15). The van der Waals surface area contributed by atoms with Crippen molar-refractivity contribution in [3.05, 3.63) is 0 Å². The molecule has 2 unspecified atom stereocenters. The first-order chi connectivity index (χ1) is 8.24. The van der Waals surface area contributed by atoms with Crippen molar-refractivity contribution >= 4 is 5.97 Å². The number of nitrogens with zero attached hydrogens (tertiary/aromatic N) is 1. The zero-order valence-electron chi connectivity index (χ0n) is 10.1. The molecular formula is C12H21NO4. The van der Waals surface area contributed by atoms with Crippen molar-refractivity contribution in [3.63, 3.8) is 0 Å². The fourth-order valence-corrected chi connectivity index (χ4v) is 2.43. The third kappa shape index (κ3) is 4.26. The Morgan fingerprint density at radius 2 is 2.06 bits per heavy atom. The molecule has 0 aliphatic carbocycles. The fourth-order valence-electron chi connectivity index (χ4n) is 2.43. The summed E-state index contributed by atoms with van der Waals surface area (Å²) in [5, 5.41) is 8.65. The van der Waals surface area contributed by atoms with Gasteiger partial charge in [0.05, 0.1) is 19.1 Å². The van der Waals surface area contributed by atoms with Gasteiger partial charge in [-0.15, -0.1) is 0 Å². The number of hydrogen-bond acceptors (Lipinski definition) is 4. The van der Waals surface area contributed by atoms with Crippen molar-refractivity contribution in [1.29, 1.82) is 0 Å². The van der Waals surface area contributed by atoms with Crippen molar-refractivity contribution in [1.82, 2.24) is 4.90 Å². The smallest absolute Gasteiger partial charge is 0.306 e. The van der Waals surface area contributed by atoms with Crippen molar-refractivity contribution in [2.45, 2.75) is 44.5 Å². The molecule has 2 heterocycles. The fraction of sp³-hybridized carbons (Fsp3) is 0.917. The Hall–Kier alpha value is -0.650. The summed E-state index contributed by atoms with van der Waals surface area (Å²) in [5.74, 6) is -0.824. The molecule has 0 bridgehead atoms. The van der Waals surface area contributed by atoms with Gasteiger partial charge in [0, 0.05) is 13.0 Å². The molecule has 5 heteroatoms. The zero-order chi connectivity index (χ0) is 12.1. The lowest BCUT2D eigenvalue weighted by Gasteiger charge is -2.27. The topological polar surface area (TPSA) is 59.0 Å². The van der Waals surface area contributed by atoms with Gasteiger partial charge in [-0.25, -0.2) is 0 Å². The quantitative estimate of drug-likeness (QED) is 0.783. The van der Waals surface area contributed by atoms with Gasteiger partial charge in [-0.2, -0.15) is 0 Å². The second kappa shape index (κ2) is 6.33. The van der Waals surface area contributed by atoms with Crippen LogP contribution in [-0.4, -0.2) is 54.6 Å². The maximum Gasteiger partial charge on any atom is 0.306 e. The normalized spacial score (nSPS) is 30.6. The number of aliphatic carboxylic acids is 1. The average molecular weight is 243 g/mol. The van der Waals surface area contributed by atoms with Crippen LogP contribution < -0.4 is 0 Å². The summed E-state index contributed by atoms with van der Waals surface area (Å²) in [6.45, 7) is 3.75. The van der Waals surface area contributed by atoms with E-state index in [2.05, 4.69) is 4.90 Å². The maximum absolute atomic E-state index is 10.5. The molecule has 17 heavy (non-hydrogen) atoms. The monoisotopic (exact) mass is 243 g/mol. The number of ether oxygens (including phenoxy) is 2. The Morgan fingerprint density at radius 3 is 2.76 bits per heavy atom. The zero-order valence-corrected chi connectivity index (χ0v) is 10.1. The summed E-state index contributed by atoms with van der Waals surface area (Å²) in [4.78, 5) is 13.0. The van der Waals surface area contributed by atoms with Crippen LogP contribution in [0.2, 0.25) is 0 Å². The molecule has 0 amide bonds. The van der Waals surface area contributed by atoms with Gasteiger partial charge in [0.1, 0.15) is 0 Å². The molecule has 2 aliphatic heterocycles. The van der Waals surface area contributed by atoms with E-state index in [9.17, 15) is 4.79 Å². The molecule has 2 atom stereocenters. The Kier molecular flexibility index (Phi) is 4.76. The van der Waals surface area contributed by atoms with Crippen LogP contribution in [0, 0.1) is 0 Å². The molecular weight excluding hydrogens is 222 g/mol. The van der Waals surface area contributed by atoms with E-state index in [1.807, 2.05) is 0 Å². The molecule has 5 nitrogen and oxygen atoms in total. The molecule has 0 radical (unpaired) electrons. The highest BCUT2D eigenvalue weighted by Crippen LogP contribution is 2.18. The molecule has 0 saturated carbocycles. The lowest BCUT2D eigenvalue weighted by Crippen LogP contribution is -2.32. The first-order valence-corrected chi connectivity index (χ1v) is 6.45. The maximum atomic E-state index is 10.5. The minimum atomic E-state index is -0.824. The summed E-state index contributed by atoms with van der Waals surface area (Å²) < 4.78 is 11.0. The first-order valence-electron chi connectivity index (χ1n) is 6.45. The lowest BCUT2D eigenvalue weighted by molar-refractivity contribution is -0.140. The van der Waals surface area contributed by atoms with E-state index in [4.69, 9.17) is 14.6 Å². The SMILES string of the molecule is O=C(O)CC1COC(CCN2CCCCC2)O1. The van der Waals surface area contributed by atoms with E-state index >= 15 is 0 Å². The van der Waals surface area contributed by atoms with E-state index in [0.29, 0.717) is 6.61 Å². The largest absolute Gasteiger partial charge is 0.481 e. The van der Waals surface area contributed by atoms with Crippen LogP contribution in [0.4, 0.5) is 0 Å². The number of hydrogen-bond donors (Lipinski definition) is 1. The molecule has 0 aromatic carbocycles. The Balaban J connectivity index is 1.62. The Morgan fingerprint density at radius 1 is 1.29 bits per heavy atom. The molecule has 98 valence electrons. The molecule has 0 spiro atoms. The van der Waals surface area contributed by atoms with Crippen LogP contribution in [-0.2, 0) is 14.3 Å². The summed E-state index contributed by atoms with van der Waals surface area (Å²) in [7, 11) is 0. The second-order valence-corrected chi connectivity index (χ2v) is 4.81. The minimum absolute atomic E-state index is 0.0419. The van der Waals surface area contributed by atoms with Gasteiger partial charge in [0.2, 0.25) is 0 Å². The van der Waals surface area contributed by atoms with Gasteiger partial charge in [0.25, 0.3) is 0 Å². The number of likely N-dealkylation sites (tertiary alicyclic amines) is 1. The van der Waals surface area contributed by atoms with Gasteiger partial charge in [-0.1, -0.05) is 6.42 Å². The van der Waals surface area contributed by atoms with Gasteiger partial charge in [-0.05, 0) is 25.9 Å². The minimum Gasteiger partial charge on any atom is -0.481 e. The first kappa shape index (κ1) is 12.8. The van der Waals surface area contributed by atoms with Crippen molar-refractivity contribution in [3.8, 4) is 0 Å². The molecule has 2 fully saturated rings. The predicted molar refractivity (Wildman–Crippen MR) is 61.8 cm³/mol. The molecule has 2 saturated heterocycles. The highest BCUT2D eigenvalue weighted by molar-refractivity contribution is 5.67. The summed E-state index contributed by atoms with van der Waals surface area (Å²) in [6.07, 6.45) is 4.33. The van der Waals surface area contributed by atoms with Crippen molar-refractivity contribution in [2.75, 3.05) is 26.2 Å². The highest BCUT2D eigenvalue weighted by atomic mass is 16.7. The molecule has 2 rings (SSSR count). The van der Waals surface area contributed by atoms with Gasteiger partial charge >= 0.3 is 5.97 Å². The van der Waals surface area contributed by atoms with Crippen LogP contribution in [0.1, 0.15) is 32.1 Å². The van der Waals surface area contributed by atoms with Crippen LogP contribution in [0.5, 0.6) is 0 Å². The van der Waals surface area contributed by atoms with Crippen LogP contribution in [0.15, 0.2) is 0 Å². The molecule has 0 aromatic rings. The average Bonchev–Trinajstić information content (AvgIpc) is 2.75. The number of piperidine rings is 1. The van der Waals surface area contributed by atoms with E-state index in [1.54, 1.807) is 0 Å². The van der Waals surface area contributed by atoms with Crippen LogP contribution in [0.25, 0.3) is 0 Å². The Bertz CT molecular complexity index is 253. The summed E-state index contributed by atoms with van der Waals surface area (Å²) >= 11 is 0. The predicted octanol–water partition coefficient (Wildman–Crippen LogP) is 1.08. The Labute approximate surface area is 102 Å². The molecule has 2 aliphatic rings. The molecule has 0 aromatic heterocycles. The van der Waals surface area contributed by atoms with E-state index in [0.717, 1.165) is 13.0 Å². The lowest BCUT2D eigenvalue weighted by atomic mass is 10.1. The second-order valence-electron chi connectivity index (χ2n) is 4.81. The number of carbonyl (C=O) groups is 1. The van der Waals surface area contributed by atoms with Crippen LogP contribution in [0.3, 0.4) is 0 Å². The summed E-state index contributed by atoms with van der Waals surface area (Å²) in [5.41, 5.74) is 0. The van der Waals surface area contributed by atoms with E-state index < -0.39 is 5.97 Å². The highest BCUT2D eigenvalue weighted by Gasteiger charge is 2.28. The van der Waals surface area contributed by atoms with Gasteiger partial charge < -0.3 is 19.5 Å². The third-order valence-electron chi connectivity index (χ3n) is 3.34. The number of rotatable bonds is 5. The van der Waals surface area contributed by atoms with E-state index in [-0.39, 0.29) is 18.8 Å². The van der Waals surface area contributed by atoms with Gasteiger partial charge in [-0.3, -0.25) is 4.79 Å². The van der Waals surface area contributed by atoms with Crippen molar-refractivity contribution in [2.24, 2.45) is 0 Å². The number of carboxylic acids is 1. The van der Waals surface area contributed by atoms with E-state index in [1.165, 1.54) is 32.4 Å². The summed E-state index contributed by atoms with van der Waals surface area (Å²) in [6, 6.07) is 0. The third-order valence-corrected chi connectivity index (χ3v) is 3.34.